The van der Waals surface area contributed by atoms with Crippen molar-refractivity contribution < 1.29 is 14.0 Å². The van der Waals surface area contributed by atoms with Crippen molar-refractivity contribution in [3.63, 3.8) is 0 Å². The van der Waals surface area contributed by atoms with E-state index in [4.69, 9.17) is 4.42 Å². The van der Waals surface area contributed by atoms with Gasteiger partial charge in [-0.15, -0.1) is 0 Å². The number of furan rings is 1. The number of amides is 2. The van der Waals surface area contributed by atoms with Gasteiger partial charge in [-0.05, 0) is 57.2 Å². The third-order valence-corrected chi connectivity index (χ3v) is 6.37. The van der Waals surface area contributed by atoms with E-state index in [1.165, 1.54) is 0 Å². The summed E-state index contributed by atoms with van der Waals surface area (Å²) in [7, 11) is 1.87. The van der Waals surface area contributed by atoms with Crippen molar-refractivity contribution in [2.75, 3.05) is 33.2 Å². The molecule has 2 aliphatic heterocycles. The molecule has 0 unspecified atom stereocenters. The molecule has 2 amide bonds. The number of hydrogen-bond acceptors (Lipinski definition) is 4. The van der Waals surface area contributed by atoms with Crippen LogP contribution in [0.3, 0.4) is 0 Å². The monoisotopic (exact) mass is 373 g/mol. The van der Waals surface area contributed by atoms with Gasteiger partial charge in [-0.2, -0.15) is 0 Å². The molecule has 0 radical (unpaired) electrons. The minimum absolute atomic E-state index is 0.0739. The predicted molar refractivity (Wildman–Crippen MR) is 102 cm³/mol. The topological polar surface area (TPSA) is 57.0 Å². The number of piperidine rings is 2. The largest absolute Gasteiger partial charge is 0.467 e. The van der Waals surface area contributed by atoms with Crippen molar-refractivity contribution in [2.24, 2.45) is 11.8 Å². The summed E-state index contributed by atoms with van der Waals surface area (Å²) in [5, 5.41) is 0. The highest BCUT2D eigenvalue weighted by atomic mass is 16.3. The van der Waals surface area contributed by atoms with Crippen LogP contribution in [-0.4, -0.2) is 65.8 Å². The molecule has 27 heavy (non-hydrogen) atoms. The van der Waals surface area contributed by atoms with E-state index < -0.39 is 0 Å². The average molecular weight is 373 g/mol. The zero-order valence-corrected chi connectivity index (χ0v) is 16.3. The van der Waals surface area contributed by atoms with Gasteiger partial charge in [0, 0.05) is 38.6 Å². The third-order valence-electron chi connectivity index (χ3n) is 6.37. The molecule has 1 aliphatic carbocycles. The number of hydrogen-bond donors (Lipinski definition) is 0. The number of carbonyl (C=O) groups excluding carboxylic acids is 2. The maximum atomic E-state index is 12.9. The number of nitrogens with zero attached hydrogens (tertiary/aromatic N) is 3. The summed E-state index contributed by atoms with van der Waals surface area (Å²) in [6, 6.07) is 4.28. The lowest BCUT2D eigenvalue weighted by Crippen LogP contribution is -2.51. The predicted octanol–water partition coefficient (Wildman–Crippen LogP) is 2.35. The van der Waals surface area contributed by atoms with Gasteiger partial charge >= 0.3 is 0 Å². The Morgan fingerprint density at radius 3 is 2.56 bits per heavy atom. The summed E-state index contributed by atoms with van der Waals surface area (Å²) >= 11 is 0. The first-order valence-electron chi connectivity index (χ1n) is 10.4. The number of likely N-dealkylation sites (tertiary alicyclic amines) is 2. The Labute approximate surface area is 161 Å². The van der Waals surface area contributed by atoms with Gasteiger partial charge in [-0.1, -0.05) is 0 Å². The SMILES string of the molecule is CN(Cc1ccco1)C(=O)[C@H]1CCCN(C2CCN(C(=O)C3CC3)CC2)C1. The van der Waals surface area contributed by atoms with Gasteiger partial charge in [0.25, 0.3) is 0 Å². The highest BCUT2D eigenvalue weighted by Crippen LogP contribution is 2.32. The molecule has 6 heteroatoms. The van der Waals surface area contributed by atoms with Crippen molar-refractivity contribution in [1.82, 2.24) is 14.7 Å². The maximum Gasteiger partial charge on any atom is 0.227 e. The molecule has 4 rings (SSSR count). The highest BCUT2D eigenvalue weighted by molar-refractivity contribution is 5.81. The third kappa shape index (κ3) is 4.37. The molecular formula is C21H31N3O3. The van der Waals surface area contributed by atoms with Crippen LogP contribution in [-0.2, 0) is 16.1 Å². The molecule has 1 atom stereocenters. The second-order valence-electron chi connectivity index (χ2n) is 8.44. The molecule has 1 aromatic rings. The van der Waals surface area contributed by atoms with Crippen molar-refractivity contribution in [3.05, 3.63) is 24.2 Å². The summed E-state index contributed by atoms with van der Waals surface area (Å²) in [6.45, 7) is 4.22. The van der Waals surface area contributed by atoms with Gasteiger partial charge in [-0.3, -0.25) is 14.5 Å². The van der Waals surface area contributed by atoms with Gasteiger partial charge in [0.15, 0.2) is 0 Å². The number of rotatable bonds is 5. The minimum Gasteiger partial charge on any atom is -0.467 e. The van der Waals surface area contributed by atoms with Crippen LogP contribution >= 0.6 is 0 Å². The smallest absolute Gasteiger partial charge is 0.227 e. The number of carbonyl (C=O) groups is 2. The second kappa shape index (κ2) is 8.05. The van der Waals surface area contributed by atoms with Gasteiger partial charge in [0.05, 0.1) is 18.7 Å². The van der Waals surface area contributed by atoms with Crippen LogP contribution in [0, 0.1) is 11.8 Å². The molecule has 3 aliphatic rings. The van der Waals surface area contributed by atoms with Crippen molar-refractivity contribution in [1.29, 1.82) is 0 Å². The quantitative estimate of drug-likeness (QED) is 0.795. The van der Waals surface area contributed by atoms with E-state index in [0.717, 1.165) is 70.5 Å². The summed E-state index contributed by atoms with van der Waals surface area (Å²) in [6.07, 6.45) is 7.95. The van der Waals surface area contributed by atoms with Crippen LogP contribution in [0.25, 0.3) is 0 Å². The van der Waals surface area contributed by atoms with E-state index in [1.807, 2.05) is 19.2 Å². The molecule has 0 N–H and O–H groups in total. The van der Waals surface area contributed by atoms with E-state index in [0.29, 0.717) is 24.4 Å². The summed E-state index contributed by atoms with van der Waals surface area (Å²) in [5.41, 5.74) is 0. The van der Waals surface area contributed by atoms with Crippen LogP contribution in [0.4, 0.5) is 0 Å². The fourth-order valence-corrected chi connectivity index (χ4v) is 4.61. The lowest BCUT2D eigenvalue weighted by atomic mass is 9.93. The minimum atomic E-state index is 0.0739. The molecule has 0 bridgehead atoms. The van der Waals surface area contributed by atoms with Crippen LogP contribution in [0.1, 0.15) is 44.3 Å². The van der Waals surface area contributed by atoms with E-state index in [1.54, 1.807) is 11.2 Å². The maximum absolute atomic E-state index is 12.9. The Morgan fingerprint density at radius 2 is 1.89 bits per heavy atom. The van der Waals surface area contributed by atoms with Gasteiger partial charge in [0.1, 0.15) is 5.76 Å². The highest BCUT2D eigenvalue weighted by Gasteiger charge is 2.37. The van der Waals surface area contributed by atoms with Crippen LogP contribution < -0.4 is 0 Å². The first kappa shape index (κ1) is 18.5. The van der Waals surface area contributed by atoms with Gasteiger partial charge < -0.3 is 14.2 Å². The lowest BCUT2D eigenvalue weighted by molar-refractivity contribution is -0.137. The Morgan fingerprint density at radius 1 is 1.11 bits per heavy atom. The average Bonchev–Trinajstić information content (AvgIpc) is 3.44. The Bertz CT molecular complexity index is 648. The first-order chi connectivity index (χ1) is 13.1. The molecule has 1 saturated carbocycles. The molecule has 1 aromatic heterocycles. The van der Waals surface area contributed by atoms with E-state index in [-0.39, 0.29) is 11.8 Å². The van der Waals surface area contributed by atoms with Crippen molar-refractivity contribution in [2.45, 2.75) is 51.1 Å². The molecule has 3 fully saturated rings. The lowest BCUT2D eigenvalue weighted by Gasteiger charge is -2.42. The van der Waals surface area contributed by atoms with Crippen molar-refractivity contribution >= 4 is 11.8 Å². The van der Waals surface area contributed by atoms with E-state index in [9.17, 15) is 9.59 Å². The molecule has 6 nitrogen and oxygen atoms in total. The van der Waals surface area contributed by atoms with Gasteiger partial charge in [0.2, 0.25) is 11.8 Å². The van der Waals surface area contributed by atoms with Crippen molar-refractivity contribution in [3.8, 4) is 0 Å². The second-order valence-corrected chi connectivity index (χ2v) is 8.44. The molecule has 148 valence electrons. The summed E-state index contributed by atoms with van der Waals surface area (Å²) in [5.74, 6) is 1.82. The Hall–Kier alpha value is -1.82. The molecule has 0 spiro atoms. The Balaban J connectivity index is 1.27. The summed E-state index contributed by atoms with van der Waals surface area (Å²) in [4.78, 5) is 31.5. The zero-order valence-electron chi connectivity index (χ0n) is 16.3. The van der Waals surface area contributed by atoms with Crippen LogP contribution in [0.2, 0.25) is 0 Å². The molecule has 3 heterocycles. The van der Waals surface area contributed by atoms with E-state index in [2.05, 4.69) is 9.80 Å². The molecular weight excluding hydrogens is 342 g/mol. The van der Waals surface area contributed by atoms with Gasteiger partial charge in [-0.25, -0.2) is 0 Å². The first-order valence-corrected chi connectivity index (χ1v) is 10.4. The van der Waals surface area contributed by atoms with Crippen LogP contribution in [0.5, 0.6) is 0 Å². The van der Waals surface area contributed by atoms with Crippen LogP contribution in [0.15, 0.2) is 22.8 Å². The zero-order chi connectivity index (χ0) is 18.8. The Kier molecular flexibility index (Phi) is 5.53. The standard InChI is InChI=1S/C21H31N3O3/c1-22(15-19-5-3-13-27-19)20(25)17-4-2-10-24(14-17)18-8-11-23(12-9-18)21(26)16-6-7-16/h3,5,13,16-18H,2,4,6-12,14-15H2,1H3/t17-/m0/s1. The summed E-state index contributed by atoms with van der Waals surface area (Å²) < 4.78 is 5.37. The fraction of sp³-hybridized carbons (Fsp3) is 0.714. The molecule has 2 saturated heterocycles. The fourth-order valence-electron chi connectivity index (χ4n) is 4.61. The van der Waals surface area contributed by atoms with E-state index >= 15 is 0 Å². The normalized spacial score (nSPS) is 24.8. The molecule has 0 aromatic carbocycles.